The average Bonchev–Trinajstić information content (AvgIpc) is 2.92. The zero-order valence-corrected chi connectivity index (χ0v) is 22.7. The van der Waals surface area contributed by atoms with Crippen molar-refractivity contribution >= 4 is 5.69 Å². The molecule has 0 radical (unpaired) electrons. The fraction of sp³-hybridized carbons (Fsp3) is 0.567. The van der Waals surface area contributed by atoms with Gasteiger partial charge in [-0.1, -0.05) is 18.2 Å². The molecule has 7 nitrogen and oxygen atoms in total. The van der Waals surface area contributed by atoms with E-state index < -0.39 is 0 Å². The lowest BCUT2D eigenvalue weighted by Crippen LogP contribution is -2.48. The number of rotatable bonds is 11. The molecule has 2 heterocycles. The lowest BCUT2D eigenvalue weighted by atomic mass is 9.78. The molecule has 0 unspecified atom stereocenters. The van der Waals surface area contributed by atoms with Crippen LogP contribution in [0, 0.1) is 16.7 Å². The molecular weight excluding hydrogens is 466 g/mol. The second-order valence-corrected chi connectivity index (χ2v) is 10.8. The summed E-state index contributed by atoms with van der Waals surface area (Å²) in [5, 5.41) is 13.2. The van der Waals surface area contributed by atoms with Crippen LogP contribution in [0.4, 0.5) is 5.69 Å². The van der Waals surface area contributed by atoms with Gasteiger partial charge in [-0.05, 0) is 68.5 Å². The summed E-state index contributed by atoms with van der Waals surface area (Å²) in [6, 6.07) is 17.4. The Bertz CT molecular complexity index is 1050. The number of hydrogen-bond acceptors (Lipinski definition) is 7. The summed E-state index contributed by atoms with van der Waals surface area (Å²) in [4.78, 5) is 2.38. The van der Waals surface area contributed by atoms with Gasteiger partial charge >= 0.3 is 0 Å². The van der Waals surface area contributed by atoms with Gasteiger partial charge in [-0.25, -0.2) is 0 Å². The summed E-state index contributed by atoms with van der Waals surface area (Å²) in [7, 11) is 3.43. The van der Waals surface area contributed by atoms with E-state index in [4.69, 9.17) is 18.9 Å². The molecule has 1 N–H and O–H groups in total. The molecule has 0 spiro atoms. The molecule has 0 amide bonds. The fourth-order valence-corrected chi connectivity index (χ4v) is 5.40. The van der Waals surface area contributed by atoms with Gasteiger partial charge in [0.2, 0.25) is 0 Å². The molecule has 0 bridgehead atoms. The normalized spacial score (nSPS) is 21.6. The van der Waals surface area contributed by atoms with Gasteiger partial charge in [-0.2, -0.15) is 5.26 Å². The van der Waals surface area contributed by atoms with Crippen molar-refractivity contribution in [1.29, 1.82) is 5.26 Å². The van der Waals surface area contributed by atoms with E-state index in [2.05, 4.69) is 46.6 Å². The summed E-state index contributed by atoms with van der Waals surface area (Å²) in [6.07, 6.45) is 2.75. The van der Waals surface area contributed by atoms with Gasteiger partial charge in [0.05, 0.1) is 43.5 Å². The van der Waals surface area contributed by atoms with Crippen LogP contribution >= 0.6 is 0 Å². The lowest BCUT2D eigenvalue weighted by Gasteiger charge is -2.39. The SMILES string of the molecule is COCCCN1CCOc2ccc(CO[C@H]3CN[C@H](CC(C)(C)C#N)C[C@@H]3c3ccc(OC)cc3)cc21. The number of fused-ring (bicyclic) bond motifs is 1. The van der Waals surface area contributed by atoms with Gasteiger partial charge in [-0.15, -0.1) is 0 Å². The van der Waals surface area contributed by atoms with Gasteiger partial charge in [0.15, 0.2) is 0 Å². The smallest absolute Gasteiger partial charge is 0.142 e. The quantitative estimate of drug-likeness (QED) is 0.434. The van der Waals surface area contributed by atoms with Crippen molar-refractivity contribution in [2.45, 2.75) is 57.8 Å². The Kier molecular flexibility index (Phi) is 9.31. The summed E-state index contributed by atoms with van der Waals surface area (Å²) < 4.78 is 23.1. The molecule has 3 atom stereocenters. The first-order valence-corrected chi connectivity index (χ1v) is 13.3. The van der Waals surface area contributed by atoms with Crippen LogP contribution < -0.4 is 19.7 Å². The fourth-order valence-electron chi connectivity index (χ4n) is 5.40. The molecule has 2 aliphatic rings. The van der Waals surface area contributed by atoms with Crippen LogP contribution in [0.1, 0.15) is 50.2 Å². The van der Waals surface area contributed by atoms with Gasteiger partial charge in [-0.3, -0.25) is 0 Å². The highest BCUT2D eigenvalue weighted by Crippen LogP contribution is 2.36. The first-order valence-electron chi connectivity index (χ1n) is 13.3. The minimum Gasteiger partial charge on any atom is -0.497 e. The van der Waals surface area contributed by atoms with Crippen LogP contribution in [-0.2, 0) is 16.1 Å². The topological polar surface area (TPSA) is 76.0 Å². The Morgan fingerprint density at radius 1 is 1.16 bits per heavy atom. The van der Waals surface area contributed by atoms with Crippen molar-refractivity contribution < 1.29 is 18.9 Å². The molecule has 2 aliphatic heterocycles. The van der Waals surface area contributed by atoms with Crippen LogP contribution in [0.3, 0.4) is 0 Å². The van der Waals surface area contributed by atoms with Gasteiger partial charge in [0.25, 0.3) is 0 Å². The summed E-state index contributed by atoms with van der Waals surface area (Å²) in [6.45, 7) is 8.59. The molecule has 1 saturated heterocycles. The first-order chi connectivity index (χ1) is 17.9. The largest absolute Gasteiger partial charge is 0.497 e. The molecule has 4 rings (SSSR count). The Hall–Kier alpha value is -2.79. The second kappa shape index (κ2) is 12.6. The number of piperidine rings is 1. The molecule has 37 heavy (non-hydrogen) atoms. The highest BCUT2D eigenvalue weighted by atomic mass is 16.5. The van der Waals surface area contributed by atoms with E-state index in [1.165, 1.54) is 5.56 Å². The van der Waals surface area contributed by atoms with Crippen molar-refractivity contribution in [3.05, 3.63) is 53.6 Å². The molecule has 2 aromatic carbocycles. The molecule has 0 saturated carbocycles. The number of ether oxygens (including phenoxy) is 4. The summed E-state index contributed by atoms with van der Waals surface area (Å²) in [5.41, 5.74) is 3.16. The number of nitriles is 1. The third-order valence-electron chi connectivity index (χ3n) is 7.42. The number of benzene rings is 2. The van der Waals surface area contributed by atoms with E-state index in [1.54, 1.807) is 14.2 Å². The Balaban J connectivity index is 1.47. The highest BCUT2D eigenvalue weighted by molar-refractivity contribution is 5.61. The number of nitrogens with zero attached hydrogens (tertiary/aromatic N) is 2. The van der Waals surface area contributed by atoms with Crippen LogP contribution in [0.15, 0.2) is 42.5 Å². The monoisotopic (exact) mass is 507 g/mol. The second-order valence-electron chi connectivity index (χ2n) is 10.8. The summed E-state index contributed by atoms with van der Waals surface area (Å²) in [5.74, 6) is 2.02. The Morgan fingerprint density at radius 2 is 1.97 bits per heavy atom. The molecule has 2 aromatic rings. The third-order valence-corrected chi connectivity index (χ3v) is 7.42. The average molecular weight is 508 g/mol. The molecule has 7 heteroatoms. The minimum atomic E-state index is -0.365. The molecule has 200 valence electrons. The van der Waals surface area contributed by atoms with E-state index in [-0.39, 0.29) is 23.5 Å². The Morgan fingerprint density at radius 3 is 2.70 bits per heavy atom. The predicted octanol–water partition coefficient (Wildman–Crippen LogP) is 4.90. The maximum atomic E-state index is 9.56. The van der Waals surface area contributed by atoms with E-state index in [1.807, 2.05) is 26.0 Å². The zero-order chi connectivity index (χ0) is 26.3. The third kappa shape index (κ3) is 7.16. The van der Waals surface area contributed by atoms with Crippen molar-refractivity contribution in [3.8, 4) is 17.6 Å². The molecule has 1 fully saturated rings. The van der Waals surface area contributed by atoms with Crippen LogP contribution in [0.5, 0.6) is 11.5 Å². The standard InChI is InChI=1S/C30H41N3O4/c1-30(2,21-31)18-24-17-26(23-7-9-25(35-4)10-8-23)29(19-32-24)37-20-22-6-11-28-27(16-22)33(13-15-36-28)12-5-14-34-3/h6-11,16,24,26,29,32H,5,12-15,17-20H2,1-4H3/t24-,26+,29-/m0/s1. The number of methoxy groups -OCH3 is 2. The zero-order valence-electron chi connectivity index (χ0n) is 22.7. The van der Waals surface area contributed by atoms with Gasteiger partial charge < -0.3 is 29.2 Å². The minimum absolute atomic E-state index is 0.0277. The van der Waals surface area contributed by atoms with E-state index in [9.17, 15) is 5.26 Å². The van der Waals surface area contributed by atoms with E-state index in [0.29, 0.717) is 13.2 Å². The number of hydrogen-bond donors (Lipinski definition) is 1. The number of nitrogens with one attached hydrogen (secondary N) is 1. The van der Waals surface area contributed by atoms with Crippen molar-refractivity contribution in [2.75, 3.05) is 52.0 Å². The lowest BCUT2D eigenvalue weighted by molar-refractivity contribution is 0.000497. The van der Waals surface area contributed by atoms with Crippen LogP contribution in [0.2, 0.25) is 0 Å². The molecule has 0 aliphatic carbocycles. The van der Waals surface area contributed by atoms with Crippen molar-refractivity contribution in [1.82, 2.24) is 5.32 Å². The maximum Gasteiger partial charge on any atom is 0.142 e. The predicted molar refractivity (Wildman–Crippen MR) is 145 cm³/mol. The van der Waals surface area contributed by atoms with Crippen molar-refractivity contribution in [2.24, 2.45) is 5.41 Å². The van der Waals surface area contributed by atoms with Crippen molar-refractivity contribution in [3.63, 3.8) is 0 Å². The number of anilines is 1. The van der Waals surface area contributed by atoms with Gasteiger partial charge in [0.1, 0.15) is 18.1 Å². The highest BCUT2D eigenvalue weighted by Gasteiger charge is 2.35. The van der Waals surface area contributed by atoms with E-state index in [0.717, 1.165) is 68.3 Å². The van der Waals surface area contributed by atoms with Crippen LogP contribution in [-0.4, -0.2) is 59.2 Å². The van der Waals surface area contributed by atoms with E-state index >= 15 is 0 Å². The molecular formula is C30H41N3O4. The summed E-state index contributed by atoms with van der Waals surface area (Å²) >= 11 is 0. The molecule has 0 aromatic heterocycles. The first kappa shape index (κ1) is 27.3. The van der Waals surface area contributed by atoms with Gasteiger partial charge in [0, 0.05) is 38.8 Å². The Labute approximate surface area is 221 Å². The van der Waals surface area contributed by atoms with Crippen LogP contribution in [0.25, 0.3) is 0 Å². The maximum absolute atomic E-state index is 9.56.